The van der Waals surface area contributed by atoms with E-state index < -0.39 is 0 Å². The molecule has 0 saturated heterocycles. The molecule has 2 nitrogen and oxygen atoms in total. The molecule has 1 aromatic heterocycles. The minimum absolute atomic E-state index is 1.11. The first-order chi connectivity index (χ1) is 25.8. The summed E-state index contributed by atoms with van der Waals surface area (Å²) in [6, 6.07) is 74.7. The zero-order valence-electron chi connectivity index (χ0n) is 28.5. The molecule has 0 N–H and O–H groups in total. The van der Waals surface area contributed by atoms with E-state index in [1.807, 2.05) is 0 Å². The number of para-hydroxylation sites is 1. The average molecular weight is 663 g/mol. The Morgan fingerprint density at radius 3 is 1.75 bits per heavy atom. The molecule has 2 heteroatoms. The number of fused-ring (bicyclic) bond motifs is 6. The topological polar surface area (TPSA) is 8.17 Å². The number of benzene rings is 9. The van der Waals surface area contributed by atoms with Crippen molar-refractivity contribution in [1.82, 2.24) is 4.57 Å². The molecule has 0 aliphatic heterocycles. The van der Waals surface area contributed by atoms with Crippen LogP contribution in [0.2, 0.25) is 0 Å². The number of anilines is 3. The second-order valence-electron chi connectivity index (χ2n) is 13.3. The first kappa shape index (κ1) is 30.0. The average Bonchev–Trinajstić information content (AvgIpc) is 3.56. The van der Waals surface area contributed by atoms with E-state index in [-0.39, 0.29) is 0 Å². The standard InChI is InChI=1S/C50H34N2/c1-4-15-35(16-5-1)38-20-14-23-40(33-38)51(47-32-29-42(36-17-6-2-7-18-36)44-25-12-13-26-45(44)47)41-28-31-48-46(34-41)50-43-24-11-10-19-37(43)27-30-49(50)52(48)39-21-8-3-9-22-39/h1-34H. The molecular weight excluding hydrogens is 629 g/mol. The van der Waals surface area contributed by atoms with E-state index in [0.29, 0.717) is 0 Å². The maximum Gasteiger partial charge on any atom is 0.0547 e. The van der Waals surface area contributed by atoms with Crippen LogP contribution in [0.15, 0.2) is 206 Å². The van der Waals surface area contributed by atoms with E-state index in [0.717, 1.165) is 22.7 Å². The van der Waals surface area contributed by atoms with Gasteiger partial charge in [-0.05, 0) is 93.0 Å². The molecule has 244 valence electrons. The Morgan fingerprint density at radius 2 is 0.962 bits per heavy atom. The molecule has 0 radical (unpaired) electrons. The van der Waals surface area contributed by atoms with Gasteiger partial charge in [0.2, 0.25) is 0 Å². The molecule has 0 fully saturated rings. The summed E-state index contributed by atoms with van der Waals surface area (Å²) < 4.78 is 2.41. The van der Waals surface area contributed by atoms with E-state index >= 15 is 0 Å². The van der Waals surface area contributed by atoms with Gasteiger partial charge in [0.05, 0.1) is 16.7 Å². The summed E-state index contributed by atoms with van der Waals surface area (Å²) in [5.74, 6) is 0. The molecule has 0 spiro atoms. The fourth-order valence-corrected chi connectivity index (χ4v) is 8.00. The molecule has 10 rings (SSSR count). The predicted molar refractivity (Wildman–Crippen MR) is 221 cm³/mol. The van der Waals surface area contributed by atoms with Crippen molar-refractivity contribution in [2.24, 2.45) is 0 Å². The quantitative estimate of drug-likeness (QED) is 0.172. The molecule has 9 aromatic carbocycles. The van der Waals surface area contributed by atoms with Crippen molar-refractivity contribution < 1.29 is 0 Å². The van der Waals surface area contributed by atoms with Gasteiger partial charge in [-0.3, -0.25) is 0 Å². The molecule has 0 unspecified atom stereocenters. The molecule has 52 heavy (non-hydrogen) atoms. The lowest BCUT2D eigenvalue weighted by molar-refractivity contribution is 1.18. The summed E-state index contributed by atoms with van der Waals surface area (Å²) in [6.07, 6.45) is 0. The van der Waals surface area contributed by atoms with Crippen LogP contribution < -0.4 is 4.90 Å². The van der Waals surface area contributed by atoms with Gasteiger partial charge in [-0.2, -0.15) is 0 Å². The van der Waals surface area contributed by atoms with Gasteiger partial charge < -0.3 is 9.47 Å². The molecule has 0 atom stereocenters. The predicted octanol–water partition coefficient (Wildman–Crippen LogP) is 13.9. The van der Waals surface area contributed by atoms with Crippen molar-refractivity contribution in [2.45, 2.75) is 0 Å². The molecule has 0 amide bonds. The van der Waals surface area contributed by atoms with Gasteiger partial charge >= 0.3 is 0 Å². The summed E-state index contributed by atoms with van der Waals surface area (Å²) in [7, 11) is 0. The lowest BCUT2D eigenvalue weighted by Gasteiger charge is -2.28. The molecular formula is C50H34N2. The number of aromatic nitrogens is 1. The number of hydrogen-bond acceptors (Lipinski definition) is 1. The Hall–Kier alpha value is -6.90. The zero-order valence-corrected chi connectivity index (χ0v) is 28.5. The minimum Gasteiger partial charge on any atom is -0.310 e. The first-order valence-corrected chi connectivity index (χ1v) is 17.9. The highest BCUT2D eigenvalue weighted by molar-refractivity contribution is 6.22. The normalized spacial score (nSPS) is 11.5. The van der Waals surface area contributed by atoms with Crippen LogP contribution in [-0.4, -0.2) is 4.57 Å². The Labute approximate surface area is 303 Å². The van der Waals surface area contributed by atoms with Crippen LogP contribution in [0.4, 0.5) is 17.1 Å². The van der Waals surface area contributed by atoms with Crippen LogP contribution >= 0.6 is 0 Å². The summed E-state index contributed by atoms with van der Waals surface area (Å²) in [5, 5.41) is 7.41. The lowest BCUT2D eigenvalue weighted by atomic mass is 9.96. The van der Waals surface area contributed by atoms with Gasteiger partial charge in [0, 0.05) is 33.2 Å². The van der Waals surface area contributed by atoms with Gasteiger partial charge in [0.15, 0.2) is 0 Å². The summed E-state index contributed by atoms with van der Waals surface area (Å²) in [5.41, 5.74) is 11.7. The van der Waals surface area contributed by atoms with Crippen LogP contribution in [-0.2, 0) is 0 Å². The highest BCUT2D eigenvalue weighted by Crippen LogP contribution is 2.45. The molecule has 0 bridgehead atoms. The SMILES string of the molecule is c1ccc(-c2cccc(N(c3ccc4c(c3)c3c5ccccc5ccc3n4-c3ccccc3)c3ccc(-c4ccccc4)c4ccccc34)c2)cc1. The van der Waals surface area contributed by atoms with E-state index in [2.05, 4.69) is 216 Å². The fraction of sp³-hybridized carbons (Fsp3) is 0. The minimum atomic E-state index is 1.11. The third kappa shape index (κ3) is 4.96. The van der Waals surface area contributed by atoms with E-state index in [9.17, 15) is 0 Å². The van der Waals surface area contributed by atoms with Crippen LogP contribution in [0.3, 0.4) is 0 Å². The second kappa shape index (κ2) is 12.5. The zero-order chi connectivity index (χ0) is 34.4. The molecule has 1 heterocycles. The fourth-order valence-electron chi connectivity index (χ4n) is 8.00. The van der Waals surface area contributed by atoms with Crippen LogP contribution in [0.1, 0.15) is 0 Å². The Balaban J connectivity index is 1.27. The highest BCUT2D eigenvalue weighted by Gasteiger charge is 2.21. The lowest BCUT2D eigenvalue weighted by Crippen LogP contribution is -2.11. The molecule has 0 saturated carbocycles. The Kier molecular flexibility index (Phi) is 7.18. The van der Waals surface area contributed by atoms with E-state index in [1.165, 1.54) is 65.6 Å². The molecule has 10 aromatic rings. The van der Waals surface area contributed by atoms with Crippen molar-refractivity contribution in [3.8, 4) is 27.9 Å². The third-order valence-electron chi connectivity index (χ3n) is 10.3. The number of nitrogens with zero attached hydrogens (tertiary/aromatic N) is 2. The first-order valence-electron chi connectivity index (χ1n) is 17.9. The number of hydrogen-bond donors (Lipinski definition) is 0. The van der Waals surface area contributed by atoms with Gasteiger partial charge in [-0.25, -0.2) is 0 Å². The summed E-state index contributed by atoms with van der Waals surface area (Å²) >= 11 is 0. The maximum absolute atomic E-state index is 2.44. The Bertz CT molecular complexity index is 2890. The van der Waals surface area contributed by atoms with Crippen LogP contribution in [0.5, 0.6) is 0 Å². The number of rotatable bonds is 6. The summed E-state index contributed by atoms with van der Waals surface area (Å²) in [6.45, 7) is 0. The Morgan fingerprint density at radius 1 is 0.346 bits per heavy atom. The maximum atomic E-state index is 2.44. The van der Waals surface area contributed by atoms with Crippen LogP contribution in [0, 0.1) is 0 Å². The molecule has 0 aliphatic carbocycles. The van der Waals surface area contributed by atoms with E-state index in [4.69, 9.17) is 0 Å². The highest BCUT2D eigenvalue weighted by atomic mass is 15.1. The second-order valence-corrected chi connectivity index (χ2v) is 13.3. The van der Waals surface area contributed by atoms with Crippen molar-refractivity contribution >= 4 is 60.4 Å². The molecule has 0 aliphatic rings. The van der Waals surface area contributed by atoms with Gasteiger partial charge in [0.1, 0.15) is 0 Å². The van der Waals surface area contributed by atoms with Gasteiger partial charge in [0.25, 0.3) is 0 Å². The van der Waals surface area contributed by atoms with Crippen molar-refractivity contribution in [3.05, 3.63) is 206 Å². The van der Waals surface area contributed by atoms with Gasteiger partial charge in [-0.1, -0.05) is 152 Å². The van der Waals surface area contributed by atoms with Crippen molar-refractivity contribution in [2.75, 3.05) is 4.90 Å². The van der Waals surface area contributed by atoms with E-state index in [1.54, 1.807) is 0 Å². The monoisotopic (exact) mass is 662 g/mol. The summed E-state index contributed by atoms with van der Waals surface area (Å²) in [4.78, 5) is 2.44. The van der Waals surface area contributed by atoms with Crippen LogP contribution in [0.25, 0.3) is 71.3 Å². The van der Waals surface area contributed by atoms with Crippen molar-refractivity contribution in [1.29, 1.82) is 0 Å². The largest absolute Gasteiger partial charge is 0.310 e. The smallest absolute Gasteiger partial charge is 0.0547 e. The third-order valence-corrected chi connectivity index (χ3v) is 10.3. The van der Waals surface area contributed by atoms with Gasteiger partial charge in [-0.15, -0.1) is 0 Å². The van der Waals surface area contributed by atoms with Crippen molar-refractivity contribution in [3.63, 3.8) is 0 Å².